The van der Waals surface area contributed by atoms with Crippen LogP contribution in [0.2, 0.25) is 0 Å². The number of thioether (sulfide) groups is 1. The number of aliphatic carboxylic acids is 1. The number of hydrogen-bond acceptors (Lipinski definition) is 3. The third-order valence-electron chi connectivity index (χ3n) is 2.91. The van der Waals surface area contributed by atoms with Crippen molar-refractivity contribution < 1.29 is 14.7 Å². The van der Waals surface area contributed by atoms with Gasteiger partial charge in [0.1, 0.15) is 5.25 Å². The molecule has 0 saturated heterocycles. The molecule has 0 aliphatic carbocycles. The second-order valence-electron chi connectivity index (χ2n) is 5.93. The Labute approximate surface area is 130 Å². The molecule has 4 nitrogen and oxygen atoms in total. The third kappa shape index (κ3) is 5.42. The lowest BCUT2D eigenvalue weighted by Gasteiger charge is -2.20. The highest BCUT2D eigenvalue weighted by Gasteiger charge is 2.23. The van der Waals surface area contributed by atoms with Gasteiger partial charge in [-0.05, 0) is 18.6 Å². The molecule has 0 unspecified atom stereocenters. The number of carboxylic acids is 1. The van der Waals surface area contributed by atoms with Crippen molar-refractivity contribution in [3.8, 4) is 0 Å². The zero-order valence-electron chi connectivity index (χ0n) is 13.0. The monoisotopic (exact) mass is 309 g/mol. The molecule has 21 heavy (non-hydrogen) atoms. The minimum Gasteiger partial charge on any atom is -0.480 e. The molecule has 0 aliphatic rings. The van der Waals surface area contributed by atoms with E-state index in [2.05, 4.69) is 5.32 Å². The molecular formula is C16H23NO3S. The fraction of sp³-hybridized carbons (Fsp3) is 0.500. The average molecular weight is 309 g/mol. The van der Waals surface area contributed by atoms with E-state index in [1.807, 2.05) is 45.9 Å². The van der Waals surface area contributed by atoms with Gasteiger partial charge in [0.15, 0.2) is 0 Å². The molecule has 0 saturated carbocycles. The maximum absolute atomic E-state index is 12.1. The van der Waals surface area contributed by atoms with E-state index < -0.39 is 16.6 Å². The highest BCUT2D eigenvalue weighted by atomic mass is 32.2. The summed E-state index contributed by atoms with van der Waals surface area (Å²) >= 11 is 1.29. The Balaban J connectivity index is 2.93. The van der Waals surface area contributed by atoms with Crippen LogP contribution in [0.25, 0.3) is 0 Å². The lowest BCUT2D eigenvalue weighted by molar-refractivity contribution is -0.136. The molecule has 0 aliphatic heterocycles. The predicted molar refractivity (Wildman–Crippen MR) is 86.7 cm³/mol. The van der Waals surface area contributed by atoms with Crippen molar-refractivity contribution in [2.75, 3.05) is 5.32 Å². The molecule has 1 amide bonds. The molecule has 5 heteroatoms. The van der Waals surface area contributed by atoms with Gasteiger partial charge in [0.05, 0.1) is 5.69 Å². The first-order valence-corrected chi connectivity index (χ1v) is 7.93. The summed E-state index contributed by atoms with van der Waals surface area (Å²) in [5.41, 5.74) is 0.178. The Bertz CT molecular complexity index is 508. The van der Waals surface area contributed by atoms with Gasteiger partial charge in [0.2, 0.25) is 5.91 Å². The summed E-state index contributed by atoms with van der Waals surface area (Å²) < 4.78 is 0. The minimum absolute atomic E-state index is 0.0853. The van der Waals surface area contributed by atoms with Crippen molar-refractivity contribution in [2.24, 2.45) is 5.41 Å². The summed E-state index contributed by atoms with van der Waals surface area (Å²) in [4.78, 5) is 24.2. The number of benzene rings is 1. The molecule has 0 radical (unpaired) electrons. The molecule has 0 bridgehead atoms. The predicted octanol–water partition coefficient (Wildman–Crippen LogP) is 4.02. The van der Waals surface area contributed by atoms with E-state index in [0.717, 1.165) is 11.3 Å². The van der Waals surface area contributed by atoms with Gasteiger partial charge in [0.25, 0.3) is 0 Å². The number of hydrogen-bond donors (Lipinski definition) is 2. The number of carbonyl (C=O) groups is 2. The Morgan fingerprint density at radius 1 is 1.29 bits per heavy atom. The number of carbonyl (C=O) groups excluding carboxylic acids is 1. The molecule has 0 heterocycles. The summed E-state index contributed by atoms with van der Waals surface area (Å²) in [6, 6.07) is 7.32. The van der Waals surface area contributed by atoms with Crippen molar-refractivity contribution in [1.82, 2.24) is 0 Å². The van der Waals surface area contributed by atoms with Gasteiger partial charge in [-0.3, -0.25) is 9.59 Å². The van der Waals surface area contributed by atoms with E-state index in [1.165, 1.54) is 11.8 Å². The molecular weight excluding hydrogens is 286 g/mol. The molecule has 2 N–H and O–H groups in total. The number of nitrogens with one attached hydrogen (secondary N) is 1. The van der Waals surface area contributed by atoms with Crippen LogP contribution in [0, 0.1) is 5.41 Å². The van der Waals surface area contributed by atoms with Gasteiger partial charge in [-0.2, -0.15) is 0 Å². The Hall–Kier alpha value is -1.49. The first-order valence-electron chi connectivity index (χ1n) is 7.05. The first-order chi connectivity index (χ1) is 9.75. The van der Waals surface area contributed by atoms with E-state index in [9.17, 15) is 14.7 Å². The highest BCUT2D eigenvalue weighted by Crippen LogP contribution is 2.33. The molecule has 1 atom stereocenters. The van der Waals surface area contributed by atoms with Crippen LogP contribution in [0.1, 0.15) is 40.5 Å². The zero-order valence-corrected chi connectivity index (χ0v) is 13.8. The maximum atomic E-state index is 12.1. The molecule has 1 aromatic rings. The standard InChI is InChI=1S/C16H23NO3S/c1-5-8-13(14(18)19)21-12-10-7-6-9-11(12)17-15(20)16(2,3)4/h6-7,9-10,13H,5,8H2,1-4H3,(H,17,20)(H,18,19)/t13-/m1/s1. The van der Waals surface area contributed by atoms with Gasteiger partial charge < -0.3 is 10.4 Å². The SMILES string of the molecule is CCC[C@@H](Sc1ccccc1NC(=O)C(C)(C)C)C(=O)O. The normalized spacial score (nSPS) is 12.8. The number of para-hydroxylation sites is 1. The Kier molecular flexibility index (Phi) is 6.27. The molecule has 0 fully saturated rings. The molecule has 0 spiro atoms. The quantitative estimate of drug-likeness (QED) is 0.779. The van der Waals surface area contributed by atoms with Crippen LogP contribution in [0.5, 0.6) is 0 Å². The summed E-state index contributed by atoms with van der Waals surface area (Å²) in [5.74, 6) is -0.906. The summed E-state index contributed by atoms with van der Waals surface area (Å²) in [5, 5.41) is 11.6. The first kappa shape index (κ1) is 17.6. The molecule has 1 rings (SSSR count). The lowest BCUT2D eigenvalue weighted by Crippen LogP contribution is -2.28. The van der Waals surface area contributed by atoms with Crippen LogP contribution in [0.4, 0.5) is 5.69 Å². The largest absolute Gasteiger partial charge is 0.480 e. The minimum atomic E-state index is -0.821. The van der Waals surface area contributed by atoms with Crippen LogP contribution in [0.3, 0.4) is 0 Å². The lowest BCUT2D eigenvalue weighted by atomic mass is 9.95. The Morgan fingerprint density at radius 3 is 2.43 bits per heavy atom. The highest BCUT2D eigenvalue weighted by molar-refractivity contribution is 8.00. The van der Waals surface area contributed by atoms with Crippen LogP contribution in [-0.4, -0.2) is 22.2 Å². The van der Waals surface area contributed by atoms with E-state index in [-0.39, 0.29) is 5.91 Å². The molecule has 116 valence electrons. The van der Waals surface area contributed by atoms with Crippen LogP contribution in [-0.2, 0) is 9.59 Å². The van der Waals surface area contributed by atoms with Crippen molar-refractivity contribution >= 4 is 29.3 Å². The maximum Gasteiger partial charge on any atom is 0.316 e. The number of carboxylic acid groups (broad SMARTS) is 1. The van der Waals surface area contributed by atoms with Crippen LogP contribution >= 0.6 is 11.8 Å². The van der Waals surface area contributed by atoms with Crippen molar-refractivity contribution in [3.63, 3.8) is 0 Å². The Morgan fingerprint density at radius 2 is 1.90 bits per heavy atom. The summed E-state index contributed by atoms with van der Waals surface area (Å²) in [6.45, 7) is 7.49. The van der Waals surface area contributed by atoms with Crippen LogP contribution in [0.15, 0.2) is 29.2 Å². The van der Waals surface area contributed by atoms with Crippen LogP contribution < -0.4 is 5.32 Å². The van der Waals surface area contributed by atoms with Gasteiger partial charge >= 0.3 is 5.97 Å². The van der Waals surface area contributed by atoms with E-state index in [4.69, 9.17) is 0 Å². The topological polar surface area (TPSA) is 66.4 Å². The molecule has 0 aromatic heterocycles. The van der Waals surface area contributed by atoms with Crippen molar-refractivity contribution in [3.05, 3.63) is 24.3 Å². The molecule has 1 aromatic carbocycles. The number of anilines is 1. The smallest absolute Gasteiger partial charge is 0.316 e. The van der Waals surface area contributed by atoms with Crippen molar-refractivity contribution in [1.29, 1.82) is 0 Å². The summed E-state index contributed by atoms with van der Waals surface area (Å²) in [6.07, 6.45) is 1.40. The fourth-order valence-electron chi connectivity index (χ4n) is 1.63. The summed E-state index contributed by atoms with van der Waals surface area (Å²) in [7, 11) is 0. The van der Waals surface area contributed by atoms with Gasteiger partial charge in [-0.25, -0.2) is 0 Å². The number of amides is 1. The van der Waals surface area contributed by atoms with Gasteiger partial charge in [-0.15, -0.1) is 11.8 Å². The number of rotatable bonds is 6. The second kappa shape index (κ2) is 7.50. The third-order valence-corrected chi connectivity index (χ3v) is 4.24. The average Bonchev–Trinajstić information content (AvgIpc) is 2.39. The van der Waals surface area contributed by atoms with Gasteiger partial charge in [0, 0.05) is 10.3 Å². The van der Waals surface area contributed by atoms with E-state index in [0.29, 0.717) is 12.1 Å². The fourth-order valence-corrected chi connectivity index (χ4v) is 2.79. The van der Waals surface area contributed by atoms with E-state index >= 15 is 0 Å². The second-order valence-corrected chi connectivity index (χ2v) is 7.18. The van der Waals surface area contributed by atoms with Gasteiger partial charge in [-0.1, -0.05) is 46.2 Å². The van der Waals surface area contributed by atoms with E-state index in [1.54, 1.807) is 6.07 Å². The zero-order chi connectivity index (χ0) is 16.0. The van der Waals surface area contributed by atoms with Crippen molar-refractivity contribution in [2.45, 2.75) is 50.7 Å².